The molecular formula is C37H42BrN3O5S. The third-order valence-corrected chi connectivity index (χ3v) is 9.96. The van der Waals surface area contributed by atoms with Crippen molar-refractivity contribution in [2.75, 3.05) is 24.5 Å². The molecule has 0 aromatic heterocycles. The van der Waals surface area contributed by atoms with Crippen LogP contribution in [0.25, 0.3) is 0 Å². The summed E-state index contributed by atoms with van der Waals surface area (Å²) >= 11 is 3.52. The predicted octanol–water partition coefficient (Wildman–Crippen LogP) is 6.68. The summed E-state index contributed by atoms with van der Waals surface area (Å²) in [7, 11) is -2.80. The molecule has 0 aliphatic heterocycles. The first-order valence-corrected chi connectivity index (χ1v) is 17.7. The van der Waals surface area contributed by atoms with Crippen LogP contribution in [-0.2, 0) is 32.6 Å². The number of rotatable bonds is 14. The lowest BCUT2D eigenvalue weighted by atomic mass is 10.0. The lowest BCUT2D eigenvalue weighted by molar-refractivity contribution is -0.140. The molecule has 10 heteroatoms. The predicted molar refractivity (Wildman–Crippen MR) is 190 cm³/mol. The van der Waals surface area contributed by atoms with E-state index in [-0.39, 0.29) is 35.4 Å². The van der Waals surface area contributed by atoms with Gasteiger partial charge in [0, 0.05) is 24.0 Å². The molecule has 0 aliphatic carbocycles. The van der Waals surface area contributed by atoms with Crippen LogP contribution >= 0.6 is 15.9 Å². The van der Waals surface area contributed by atoms with Gasteiger partial charge in [-0.25, -0.2) is 8.42 Å². The van der Waals surface area contributed by atoms with Crippen molar-refractivity contribution in [1.29, 1.82) is 0 Å². The molecule has 8 nitrogen and oxygen atoms in total. The molecule has 0 heterocycles. The normalized spacial score (nSPS) is 12.0. The largest absolute Gasteiger partial charge is 0.495 e. The number of amides is 2. The number of sulfonamides is 1. The van der Waals surface area contributed by atoms with Crippen molar-refractivity contribution in [2.24, 2.45) is 5.92 Å². The number of ether oxygens (including phenoxy) is 1. The summed E-state index contributed by atoms with van der Waals surface area (Å²) in [5.41, 5.74) is 3.57. The van der Waals surface area contributed by atoms with Crippen molar-refractivity contribution in [3.05, 3.63) is 124 Å². The zero-order valence-corrected chi connectivity index (χ0v) is 29.8. The van der Waals surface area contributed by atoms with E-state index in [2.05, 4.69) is 21.2 Å². The van der Waals surface area contributed by atoms with Crippen LogP contribution in [-0.4, -0.2) is 51.4 Å². The summed E-state index contributed by atoms with van der Waals surface area (Å²) in [5.74, 6) is -0.362. The molecule has 0 saturated carbocycles. The van der Waals surface area contributed by atoms with Crippen LogP contribution in [0.2, 0.25) is 0 Å². The Balaban J connectivity index is 1.85. The molecule has 0 bridgehead atoms. The molecule has 0 fully saturated rings. The number of halogens is 1. The molecular weight excluding hydrogens is 678 g/mol. The van der Waals surface area contributed by atoms with Gasteiger partial charge in [-0.15, -0.1) is 0 Å². The minimum atomic E-state index is -4.26. The number of carbonyl (C=O) groups is 2. The van der Waals surface area contributed by atoms with Gasteiger partial charge >= 0.3 is 0 Å². The van der Waals surface area contributed by atoms with Gasteiger partial charge in [-0.05, 0) is 72.9 Å². The minimum Gasteiger partial charge on any atom is -0.495 e. The molecule has 0 aliphatic rings. The van der Waals surface area contributed by atoms with Crippen LogP contribution in [0.5, 0.6) is 5.75 Å². The molecule has 1 N–H and O–H groups in total. The SMILES string of the molecule is COc1ccc(C)cc1N(CC(=O)N(Cc1cccc(Br)c1)[C@@H](Cc1ccccc1)C(=O)NCC(C)C)S(=O)(=O)c1ccc(C)cc1. The minimum absolute atomic E-state index is 0.0357. The monoisotopic (exact) mass is 719 g/mol. The quantitative estimate of drug-likeness (QED) is 0.157. The molecule has 0 unspecified atom stereocenters. The van der Waals surface area contributed by atoms with Crippen molar-refractivity contribution in [3.8, 4) is 5.75 Å². The van der Waals surface area contributed by atoms with E-state index in [0.717, 1.165) is 31.0 Å². The van der Waals surface area contributed by atoms with Crippen LogP contribution in [0.1, 0.15) is 36.1 Å². The van der Waals surface area contributed by atoms with E-state index in [1.807, 2.05) is 88.4 Å². The van der Waals surface area contributed by atoms with E-state index in [4.69, 9.17) is 4.74 Å². The maximum Gasteiger partial charge on any atom is 0.264 e. The Morgan fingerprint density at radius 3 is 2.15 bits per heavy atom. The molecule has 2 amide bonds. The van der Waals surface area contributed by atoms with Gasteiger partial charge in [-0.3, -0.25) is 13.9 Å². The van der Waals surface area contributed by atoms with E-state index in [1.165, 1.54) is 24.1 Å². The number of benzene rings is 4. The average molecular weight is 721 g/mol. The van der Waals surface area contributed by atoms with E-state index >= 15 is 0 Å². The maximum absolute atomic E-state index is 14.7. The van der Waals surface area contributed by atoms with Gasteiger partial charge in [0.2, 0.25) is 11.8 Å². The second-order valence-corrected chi connectivity index (χ2v) is 14.8. The fraction of sp³-hybridized carbons (Fsp3) is 0.297. The number of nitrogens with one attached hydrogen (secondary N) is 1. The number of carbonyl (C=O) groups excluding carboxylic acids is 2. The second kappa shape index (κ2) is 16.1. The first-order valence-electron chi connectivity index (χ1n) is 15.5. The first-order chi connectivity index (χ1) is 22.4. The highest BCUT2D eigenvalue weighted by atomic mass is 79.9. The number of aryl methyl sites for hydroxylation is 2. The fourth-order valence-corrected chi connectivity index (χ4v) is 7.02. The number of hydrogen-bond donors (Lipinski definition) is 1. The van der Waals surface area contributed by atoms with Gasteiger partial charge in [0.25, 0.3) is 10.0 Å². The first kappa shape index (κ1) is 35.7. The lowest BCUT2D eigenvalue weighted by Gasteiger charge is -2.34. The third-order valence-electron chi connectivity index (χ3n) is 7.69. The van der Waals surface area contributed by atoms with Crippen molar-refractivity contribution in [1.82, 2.24) is 10.2 Å². The van der Waals surface area contributed by atoms with Crippen LogP contribution in [0.4, 0.5) is 5.69 Å². The Hall–Kier alpha value is -4.15. The Bertz CT molecular complexity index is 1780. The smallest absolute Gasteiger partial charge is 0.264 e. The number of anilines is 1. The summed E-state index contributed by atoms with van der Waals surface area (Å²) in [6.45, 7) is 7.66. The molecule has 248 valence electrons. The zero-order chi connectivity index (χ0) is 34.1. The van der Waals surface area contributed by atoms with Crippen molar-refractivity contribution < 1.29 is 22.7 Å². The maximum atomic E-state index is 14.7. The molecule has 0 radical (unpaired) electrons. The van der Waals surface area contributed by atoms with Gasteiger partial charge in [-0.1, -0.05) is 96.0 Å². The third kappa shape index (κ3) is 9.45. The molecule has 0 spiro atoms. The van der Waals surface area contributed by atoms with E-state index < -0.39 is 28.5 Å². The topological polar surface area (TPSA) is 96.0 Å². The molecule has 4 aromatic carbocycles. The molecule has 4 rings (SSSR count). The Morgan fingerprint density at radius 1 is 0.851 bits per heavy atom. The fourth-order valence-electron chi connectivity index (χ4n) is 5.15. The van der Waals surface area contributed by atoms with Crippen LogP contribution < -0.4 is 14.4 Å². The van der Waals surface area contributed by atoms with Crippen molar-refractivity contribution in [3.63, 3.8) is 0 Å². The van der Waals surface area contributed by atoms with Crippen LogP contribution in [0.15, 0.2) is 106 Å². The van der Waals surface area contributed by atoms with Crippen LogP contribution in [0.3, 0.4) is 0 Å². The molecule has 1 atom stereocenters. The Morgan fingerprint density at radius 2 is 1.51 bits per heavy atom. The van der Waals surface area contributed by atoms with Crippen molar-refractivity contribution in [2.45, 2.75) is 51.6 Å². The highest BCUT2D eigenvalue weighted by molar-refractivity contribution is 9.10. The van der Waals surface area contributed by atoms with Crippen LogP contribution in [0, 0.1) is 19.8 Å². The van der Waals surface area contributed by atoms with E-state index in [0.29, 0.717) is 12.3 Å². The Labute approximate surface area is 286 Å². The van der Waals surface area contributed by atoms with Gasteiger partial charge in [0.1, 0.15) is 18.3 Å². The second-order valence-electron chi connectivity index (χ2n) is 12.0. The summed E-state index contributed by atoms with van der Waals surface area (Å²) in [5, 5.41) is 3.01. The van der Waals surface area contributed by atoms with Gasteiger partial charge < -0.3 is 15.0 Å². The highest BCUT2D eigenvalue weighted by Crippen LogP contribution is 2.34. The molecule has 47 heavy (non-hydrogen) atoms. The standard InChI is InChI=1S/C37H42BrN3O5S/c1-26(2)23-39-37(43)34(22-29-10-7-6-8-11-29)40(24-30-12-9-13-31(38)21-30)36(42)25-41(33-20-28(4)16-19-35(33)46-5)47(44,45)32-17-14-27(3)15-18-32/h6-21,26,34H,22-25H2,1-5H3,(H,39,43)/t34-/m0/s1. The number of methoxy groups -OCH3 is 1. The summed E-state index contributed by atoms with van der Waals surface area (Å²) in [4.78, 5) is 30.2. The van der Waals surface area contributed by atoms with Gasteiger partial charge in [0.05, 0.1) is 17.7 Å². The molecule has 4 aromatic rings. The number of nitrogens with zero attached hydrogens (tertiary/aromatic N) is 2. The van der Waals surface area contributed by atoms with Gasteiger partial charge in [0.15, 0.2) is 0 Å². The highest BCUT2D eigenvalue weighted by Gasteiger charge is 2.35. The Kier molecular flexibility index (Phi) is 12.2. The van der Waals surface area contributed by atoms with E-state index in [9.17, 15) is 18.0 Å². The summed E-state index contributed by atoms with van der Waals surface area (Å²) in [6.07, 6.45) is 0.239. The molecule has 0 saturated heterocycles. The average Bonchev–Trinajstić information content (AvgIpc) is 3.04. The summed E-state index contributed by atoms with van der Waals surface area (Å²) in [6, 6.07) is 27.8. The summed E-state index contributed by atoms with van der Waals surface area (Å²) < 4.78 is 36.3. The lowest BCUT2D eigenvalue weighted by Crippen LogP contribution is -2.53. The zero-order valence-electron chi connectivity index (χ0n) is 27.4. The van der Waals surface area contributed by atoms with E-state index in [1.54, 1.807) is 24.3 Å². The van der Waals surface area contributed by atoms with Gasteiger partial charge in [-0.2, -0.15) is 0 Å². The number of hydrogen-bond acceptors (Lipinski definition) is 5. The van der Waals surface area contributed by atoms with Crippen molar-refractivity contribution >= 4 is 43.5 Å².